The fourth-order valence-corrected chi connectivity index (χ4v) is 1.47. The van der Waals surface area contributed by atoms with Crippen LogP contribution >= 0.6 is 0 Å². The number of amides is 1. The van der Waals surface area contributed by atoms with E-state index in [0.29, 0.717) is 12.7 Å². The second-order valence-electron chi connectivity index (χ2n) is 5.06. The first-order valence-electron chi connectivity index (χ1n) is 5.48. The lowest BCUT2D eigenvalue weighted by Crippen LogP contribution is -2.44. The van der Waals surface area contributed by atoms with Crippen LogP contribution in [0.2, 0.25) is 0 Å². The molecule has 1 saturated heterocycles. The number of nitrogens with one attached hydrogen (secondary N) is 1. The maximum Gasteiger partial charge on any atom is 0.407 e. The van der Waals surface area contributed by atoms with Crippen molar-refractivity contribution in [3.8, 4) is 0 Å². The molecule has 1 heterocycles. The molecule has 1 rings (SSSR count). The van der Waals surface area contributed by atoms with Crippen LogP contribution in [0.1, 0.15) is 40.5 Å². The lowest BCUT2D eigenvalue weighted by atomic mass is 10.1. The minimum Gasteiger partial charge on any atom is -0.444 e. The van der Waals surface area contributed by atoms with Crippen LogP contribution in [-0.4, -0.2) is 30.4 Å². The molecule has 0 aromatic rings. The van der Waals surface area contributed by atoms with E-state index in [1.54, 1.807) is 0 Å². The van der Waals surface area contributed by atoms with Crippen molar-refractivity contribution in [2.75, 3.05) is 6.61 Å². The normalized spacial score (nSPS) is 27.2. The SMILES string of the molecule is CC1CC[C@H](NC(=O)OC(C)(C)C)CO1. The van der Waals surface area contributed by atoms with Crippen LogP contribution in [0.15, 0.2) is 0 Å². The predicted molar refractivity (Wildman–Crippen MR) is 57.8 cm³/mol. The fraction of sp³-hybridized carbons (Fsp3) is 0.909. The first-order valence-corrected chi connectivity index (χ1v) is 5.48. The first kappa shape index (κ1) is 12.3. The summed E-state index contributed by atoms with van der Waals surface area (Å²) in [4.78, 5) is 11.4. The number of ether oxygens (including phenoxy) is 2. The Morgan fingerprint density at radius 3 is 2.53 bits per heavy atom. The van der Waals surface area contributed by atoms with E-state index < -0.39 is 5.60 Å². The van der Waals surface area contributed by atoms with E-state index in [2.05, 4.69) is 5.32 Å². The van der Waals surface area contributed by atoms with Gasteiger partial charge in [0.2, 0.25) is 0 Å². The Kier molecular flexibility index (Phi) is 3.97. The molecule has 0 aliphatic carbocycles. The van der Waals surface area contributed by atoms with Crippen molar-refractivity contribution < 1.29 is 14.3 Å². The molecule has 4 nitrogen and oxygen atoms in total. The number of carbonyl (C=O) groups excluding carboxylic acids is 1. The maximum absolute atomic E-state index is 11.4. The third-order valence-electron chi connectivity index (χ3n) is 2.22. The van der Waals surface area contributed by atoms with Crippen LogP contribution in [0.5, 0.6) is 0 Å². The molecule has 1 unspecified atom stereocenters. The summed E-state index contributed by atoms with van der Waals surface area (Å²) in [6.45, 7) is 8.19. The summed E-state index contributed by atoms with van der Waals surface area (Å²) in [6.07, 6.45) is 1.90. The van der Waals surface area contributed by atoms with E-state index in [-0.39, 0.29) is 12.1 Å². The van der Waals surface area contributed by atoms with Crippen LogP contribution in [-0.2, 0) is 9.47 Å². The van der Waals surface area contributed by atoms with Gasteiger partial charge in [-0.05, 0) is 40.5 Å². The standard InChI is InChI=1S/C11H21NO3/c1-8-5-6-9(7-14-8)12-10(13)15-11(2,3)4/h8-9H,5-7H2,1-4H3,(H,12,13)/t8?,9-/m0/s1. The van der Waals surface area contributed by atoms with E-state index in [0.717, 1.165) is 12.8 Å². The smallest absolute Gasteiger partial charge is 0.407 e. The second-order valence-corrected chi connectivity index (χ2v) is 5.06. The lowest BCUT2D eigenvalue weighted by Gasteiger charge is -2.28. The maximum atomic E-state index is 11.4. The lowest BCUT2D eigenvalue weighted by molar-refractivity contribution is 0.00120. The number of rotatable bonds is 1. The highest BCUT2D eigenvalue weighted by molar-refractivity contribution is 5.68. The van der Waals surface area contributed by atoms with Crippen LogP contribution < -0.4 is 5.32 Å². The van der Waals surface area contributed by atoms with E-state index >= 15 is 0 Å². The van der Waals surface area contributed by atoms with Crippen molar-refractivity contribution in [1.29, 1.82) is 0 Å². The molecule has 1 amide bonds. The zero-order valence-electron chi connectivity index (χ0n) is 10.0. The molecular formula is C11H21NO3. The average Bonchev–Trinajstić information content (AvgIpc) is 2.05. The number of alkyl carbamates (subject to hydrolysis) is 1. The van der Waals surface area contributed by atoms with E-state index in [1.165, 1.54) is 0 Å². The van der Waals surface area contributed by atoms with Crippen LogP contribution in [0.3, 0.4) is 0 Å². The highest BCUT2D eigenvalue weighted by Crippen LogP contribution is 2.13. The first-order chi connectivity index (χ1) is 6.87. The molecule has 1 N–H and O–H groups in total. The minimum absolute atomic E-state index is 0.0936. The molecule has 1 aliphatic rings. The zero-order chi connectivity index (χ0) is 11.5. The molecule has 0 saturated carbocycles. The molecule has 1 fully saturated rings. The van der Waals surface area contributed by atoms with Gasteiger partial charge >= 0.3 is 6.09 Å². The molecule has 4 heteroatoms. The Morgan fingerprint density at radius 1 is 1.40 bits per heavy atom. The monoisotopic (exact) mass is 215 g/mol. The van der Waals surface area contributed by atoms with Gasteiger partial charge in [-0.3, -0.25) is 0 Å². The molecule has 0 radical (unpaired) electrons. The minimum atomic E-state index is -0.438. The Morgan fingerprint density at radius 2 is 2.07 bits per heavy atom. The van der Waals surface area contributed by atoms with Gasteiger partial charge in [-0.1, -0.05) is 0 Å². The summed E-state index contributed by atoms with van der Waals surface area (Å²) in [5.41, 5.74) is -0.438. The molecule has 1 aliphatic heterocycles. The van der Waals surface area contributed by atoms with Gasteiger partial charge in [0.1, 0.15) is 5.60 Å². The molecule has 0 bridgehead atoms. The van der Waals surface area contributed by atoms with E-state index in [9.17, 15) is 4.79 Å². The third kappa shape index (κ3) is 5.02. The number of hydrogen-bond acceptors (Lipinski definition) is 3. The Hall–Kier alpha value is -0.770. The molecule has 15 heavy (non-hydrogen) atoms. The fourth-order valence-electron chi connectivity index (χ4n) is 1.47. The van der Waals surface area contributed by atoms with Crippen molar-refractivity contribution in [3.05, 3.63) is 0 Å². The van der Waals surface area contributed by atoms with Gasteiger partial charge in [0.15, 0.2) is 0 Å². The Bertz CT molecular complexity index is 214. The van der Waals surface area contributed by atoms with Crippen LogP contribution in [0.4, 0.5) is 4.79 Å². The third-order valence-corrected chi connectivity index (χ3v) is 2.22. The van der Waals surface area contributed by atoms with Crippen LogP contribution in [0.25, 0.3) is 0 Å². The van der Waals surface area contributed by atoms with Gasteiger partial charge in [0, 0.05) is 0 Å². The van der Waals surface area contributed by atoms with Crippen molar-refractivity contribution >= 4 is 6.09 Å². The molecule has 2 atom stereocenters. The van der Waals surface area contributed by atoms with Crippen molar-refractivity contribution in [3.63, 3.8) is 0 Å². The van der Waals surface area contributed by atoms with E-state index in [4.69, 9.17) is 9.47 Å². The highest BCUT2D eigenvalue weighted by Gasteiger charge is 2.23. The van der Waals surface area contributed by atoms with Gasteiger partial charge in [0.05, 0.1) is 18.8 Å². The average molecular weight is 215 g/mol. The van der Waals surface area contributed by atoms with Crippen molar-refractivity contribution in [2.45, 2.75) is 58.3 Å². The Balaban J connectivity index is 2.27. The second kappa shape index (κ2) is 4.84. The van der Waals surface area contributed by atoms with Gasteiger partial charge in [0.25, 0.3) is 0 Å². The topological polar surface area (TPSA) is 47.6 Å². The summed E-state index contributed by atoms with van der Waals surface area (Å²) in [5.74, 6) is 0. The van der Waals surface area contributed by atoms with Gasteiger partial charge in [-0.2, -0.15) is 0 Å². The van der Waals surface area contributed by atoms with Crippen molar-refractivity contribution in [2.24, 2.45) is 0 Å². The molecule has 0 aromatic carbocycles. The summed E-state index contributed by atoms with van der Waals surface area (Å²) in [7, 11) is 0. The van der Waals surface area contributed by atoms with Gasteiger partial charge in [-0.25, -0.2) is 4.79 Å². The quantitative estimate of drug-likeness (QED) is 0.728. The zero-order valence-corrected chi connectivity index (χ0v) is 10.0. The summed E-state index contributed by atoms with van der Waals surface area (Å²) in [6, 6.07) is 0.0936. The largest absolute Gasteiger partial charge is 0.444 e. The number of carbonyl (C=O) groups is 1. The molecule has 88 valence electrons. The summed E-state index contributed by atoms with van der Waals surface area (Å²) in [5, 5.41) is 2.81. The molecule has 0 spiro atoms. The molecular weight excluding hydrogens is 194 g/mol. The Labute approximate surface area is 91.3 Å². The summed E-state index contributed by atoms with van der Waals surface area (Å²) < 4.78 is 10.6. The van der Waals surface area contributed by atoms with Gasteiger partial charge in [-0.15, -0.1) is 0 Å². The van der Waals surface area contributed by atoms with Gasteiger partial charge < -0.3 is 14.8 Å². The number of hydrogen-bond donors (Lipinski definition) is 1. The van der Waals surface area contributed by atoms with Crippen LogP contribution in [0, 0.1) is 0 Å². The van der Waals surface area contributed by atoms with Crippen molar-refractivity contribution in [1.82, 2.24) is 5.32 Å². The van der Waals surface area contributed by atoms with E-state index in [1.807, 2.05) is 27.7 Å². The molecule has 0 aromatic heterocycles. The predicted octanol–water partition coefficient (Wildman–Crippen LogP) is 2.08. The summed E-state index contributed by atoms with van der Waals surface area (Å²) >= 11 is 0. The highest BCUT2D eigenvalue weighted by atomic mass is 16.6.